The second-order valence-electron chi connectivity index (χ2n) is 5.10. The number of rotatable bonds is 2. The fourth-order valence-corrected chi connectivity index (χ4v) is 5.62. The second-order valence-corrected chi connectivity index (χ2v) is 7.56. The quantitative estimate of drug-likeness (QED) is 0.704. The van der Waals surface area contributed by atoms with Crippen molar-refractivity contribution in [1.82, 2.24) is 0 Å². The van der Waals surface area contributed by atoms with Gasteiger partial charge in [-0.3, -0.25) is 0 Å². The molecule has 90 valence electrons. The van der Waals surface area contributed by atoms with E-state index in [1.807, 2.05) is 0 Å². The van der Waals surface area contributed by atoms with Gasteiger partial charge in [0.15, 0.2) is 0 Å². The normalized spacial score (nSPS) is 22.3. The molecular weight excluding hydrogens is 264 g/mol. The van der Waals surface area contributed by atoms with Crippen molar-refractivity contribution < 1.29 is 19.2 Å². The third kappa shape index (κ3) is 1.96. The molecule has 2 aliphatic carbocycles. The van der Waals surface area contributed by atoms with Crippen LogP contribution in [0.5, 0.6) is 0 Å². The summed E-state index contributed by atoms with van der Waals surface area (Å²) < 4.78 is 1.38. The van der Waals surface area contributed by atoms with Crippen LogP contribution in [0.3, 0.4) is 0 Å². The molecule has 0 aliphatic heterocycles. The molecule has 0 N–H and O–H groups in total. The van der Waals surface area contributed by atoms with Crippen molar-refractivity contribution in [1.29, 1.82) is 0 Å². The molecule has 0 bridgehead atoms. The van der Waals surface area contributed by atoms with Gasteiger partial charge < -0.3 is 0 Å². The minimum absolute atomic E-state index is 0.0859. The first-order valence-corrected chi connectivity index (χ1v) is 8.52. The van der Waals surface area contributed by atoms with Gasteiger partial charge in [-0.15, -0.1) is 0 Å². The summed E-state index contributed by atoms with van der Waals surface area (Å²) >= 11 is -0.0859. The van der Waals surface area contributed by atoms with E-state index in [0.717, 1.165) is 0 Å². The van der Waals surface area contributed by atoms with E-state index >= 15 is 0 Å². The van der Waals surface area contributed by atoms with Gasteiger partial charge in [-0.1, -0.05) is 0 Å². The fourth-order valence-electron chi connectivity index (χ4n) is 2.98. The van der Waals surface area contributed by atoms with Crippen LogP contribution >= 0.6 is 0 Å². The molecule has 2 atom stereocenters. The summed E-state index contributed by atoms with van der Waals surface area (Å²) in [6.07, 6.45) is 9.43. The molecule has 2 aliphatic rings. The molecule has 2 aromatic rings. The number of fused-ring (bicyclic) bond motifs is 2. The van der Waals surface area contributed by atoms with E-state index in [0.29, 0.717) is 8.45 Å². The van der Waals surface area contributed by atoms with E-state index < -0.39 is 0 Å². The van der Waals surface area contributed by atoms with Gasteiger partial charge in [-0.2, -0.15) is 0 Å². The number of benzene rings is 2. The van der Waals surface area contributed by atoms with E-state index in [2.05, 4.69) is 72.8 Å². The van der Waals surface area contributed by atoms with Crippen molar-refractivity contribution in [2.45, 2.75) is 8.45 Å². The van der Waals surface area contributed by atoms with Crippen LogP contribution in [0.1, 0.15) is 30.7 Å². The fraction of sp³-hybridized carbons (Fsp3) is 0.111. The zero-order valence-corrected chi connectivity index (χ0v) is 12.1. The van der Waals surface area contributed by atoms with Crippen LogP contribution in [-0.4, -0.2) is 0 Å². The summed E-state index contributed by atoms with van der Waals surface area (Å²) in [7, 11) is 0. The Morgan fingerprint density at radius 3 is 1.63 bits per heavy atom. The van der Waals surface area contributed by atoms with Gasteiger partial charge in [0.05, 0.1) is 0 Å². The van der Waals surface area contributed by atoms with Crippen LogP contribution in [0, 0.1) is 0 Å². The standard InChI is InChI=1S/2C9H7.Ti/c2*1-2-5-9-7-3-6-8(9)4-1;/h2*1-7H;. The van der Waals surface area contributed by atoms with Gasteiger partial charge in [0.1, 0.15) is 0 Å². The third-order valence-corrected chi connectivity index (χ3v) is 6.65. The molecule has 0 fully saturated rings. The van der Waals surface area contributed by atoms with Crippen LogP contribution < -0.4 is 0 Å². The zero-order chi connectivity index (χ0) is 12.7. The van der Waals surface area contributed by atoms with Gasteiger partial charge in [0.2, 0.25) is 0 Å². The van der Waals surface area contributed by atoms with Crippen LogP contribution in [0.15, 0.2) is 60.7 Å². The Morgan fingerprint density at radius 2 is 1.11 bits per heavy atom. The molecule has 2 aromatic carbocycles. The van der Waals surface area contributed by atoms with Crippen LogP contribution in [-0.2, 0) is 19.2 Å². The van der Waals surface area contributed by atoms with Gasteiger partial charge in [-0.25, -0.2) is 0 Å². The summed E-state index contributed by atoms with van der Waals surface area (Å²) in [5.74, 6) is 0. The van der Waals surface area contributed by atoms with Crippen LogP contribution in [0.25, 0.3) is 12.2 Å². The average Bonchev–Trinajstić information content (AvgIpc) is 3.05. The van der Waals surface area contributed by atoms with E-state index in [4.69, 9.17) is 0 Å². The van der Waals surface area contributed by atoms with Crippen LogP contribution in [0.2, 0.25) is 0 Å². The predicted molar refractivity (Wildman–Crippen MR) is 76.4 cm³/mol. The average molecular weight is 278 g/mol. The Morgan fingerprint density at radius 1 is 0.632 bits per heavy atom. The van der Waals surface area contributed by atoms with Crippen molar-refractivity contribution in [3.63, 3.8) is 0 Å². The van der Waals surface area contributed by atoms with Crippen molar-refractivity contribution >= 4 is 12.2 Å². The maximum atomic E-state index is 2.42. The summed E-state index contributed by atoms with van der Waals surface area (Å²) in [5.41, 5.74) is 5.93. The van der Waals surface area contributed by atoms with E-state index in [1.54, 1.807) is 11.1 Å². The first-order valence-electron chi connectivity index (χ1n) is 6.72. The molecule has 19 heavy (non-hydrogen) atoms. The number of hydrogen-bond acceptors (Lipinski definition) is 0. The number of hydrogen-bond donors (Lipinski definition) is 0. The van der Waals surface area contributed by atoms with Gasteiger partial charge in [0, 0.05) is 0 Å². The molecule has 4 rings (SSSR count). The van der Waals surface area contributed by atoms with Crippen LogP contribution in [0.4, 0.5) is 0 Å². The second kappa shape index (κ2) is 4.63. The molecule has 0 saturated carbocycles. The molecule has 1 heteroatoms. The number of allylic oxidation sites excluding steroid dienone is 2. The Bertz CT molecular complexity index is 622. The summed E-state index contributed by atoms with van der Waals surface area (Å²) in [6, 6.07) is 17.7. The molecule has 0 nitrogen and oxygen atoms in total. The Labute approximate surface area is 122 Å². The zero-order valence-electron chi connectivity index (χ0n) is 10.6. The minimum atomic E-state index is -0.0859. The summed E-state index contributed by atoms with van der Waals surface area (Å²) in [4.78, 5) is 0. The SMILES string of the molecule is C1=C[CH]([Ti][CH]2C=Cc3ccccc32)c2ccccc21. The van der Waals surface area contributed by atoms with Gasteiger partial charge in [-0.05, 0) is 0 Å². The Kier molecular flexibility index (Phi) is 2.79. The molecule has 2 unspecified atom stereocenters. The van der Waals surface area contributed by atoms with E-state index in [1.165, 1.54) is 11.1 Å². The van der Waals surface area contributed by atoms with E-state index in [9.17, 15) is 0 Å². The molecule has 0 spiro atoms. The van der Waals surface area contributed by atoms with Crippen molar-refractivity contribution in [2.24, 2.45) is 0 Å². The Hall–Kier alpha value is -1.37. The van der Waals surface area contributed by atoms with Crippen molar-refractivity contribution in [3.05, 3.63) is 82.9 Å². The molecule has 0 aromatic heterocycles. The van der Waals surface area contributed by atoms with Crippen molar-refractivity contribution in [2.75, 3.05) is 0 Å². The molecule has 0 amide bonds. The summed E-state index contributed by atoms with van der Waals surface area (Å²) in [6.45, 7) is 0. The molecule has 0 heterocycles. The molecule has 0 radical (unpaired) electrons. The van der Waals surface area contributed by atoms with Crippen molar-refractivity contribution in [3.8, 4) is 0 Å². The first kappa shape index (κ1) is 11.5. The van der Waals surface area contributed by atoms with E-state index in [-0.39, 0.29) is 19.2 Å². The molecule has 0 saturated heterocycles. The maximum absolute atomic E-state index is 2.42. The predicted octanol–water partition coefficient (Wildman–Crippen LogP) is 4.61. The third-order valence-electron chi connectivity index (χ3n) is 3.96. The van der Waals surface area contributed by atoms with Gasteiger partial charge in [0.25, 0.3) is 0 Å². The first-order chi connectivity index (χ1) is 9.42. The summed E-state index contributed by atoms with van der Waals surface area (Å²) in [5, 5.41) is 0. The topological polar surface area (TPSA) is 0 Å². The molecular formula is C18H14Ti. The Balaban J connectivity index is 1.62. The monoisotopic (exact) mass is 278 g/mol. The van der Waals surface area contributed by atoms with Gasteiger partial charge >= 0.3 is 123 Å².